The molecule has 1 saturated carbocycles. The average Bonchev–Trinajstić information content (AvgIpc) is 2.81. The van der Waals surface area contributed by atoms with Crippen molar-refractivity contribution in [3.8, 4) is 0 Å². The van der Waals surface area contributed by atoms with E-state index in [0.717, 1.165) is 0 Å². The minimum atomic E-state index is -2.63. The highest BCUT2D eigenvalue weighted by Gasteiger charge is 2.36. The topological polar surface area (TPSA) is 59.3 Å². The third-order valence-electron chi connectivity index (χ3n) is 3.77. The van der Waals surface area contributed by atoms with Gasteiger partial charge in [-0.3, -0.25) is 4.79 Å². The van der Waals surface area contributed by atoms with Gasteiger partial charge in [0.05, 0.1) is 6.20 Å². The monoisotopic (exact) mass is 294 g/mol. The van der Waals surface area contributed by atoms with Crippen LogP contribution in [0.5, 0.6) is 0 Å². The SMILES string of the molecule is O=C(CC1CCCC(F)(F)C1)Nc1cnn2cccnc12. The lowest BCUT2D eigenvalue weighted by Crippen LogP contribution is -2.28. The number of hydrogen-bond donors (Lipinski definition) is 1. The molecule has 2 aromatic heterocycles. The number of halogens is 2. The number of carbonyl (C=O) groups is 1. The molecule has 0 spiro atoms. The zero-order valence-corrected chi connectivity index (χ0v) is 11.4. The summed E-state index contributed by atoms with van der Waals surface area (Å²) in [5.74, 6) is -3.16. The van der Waals surface area contributed by atoms with Gasteiger partial charge >= 0.3 is 0 Å². The van der Waals surface area contributed by atoms with Crippen LogP contribution in [0.25, 0.3) is 5.65 Å². The minimum absolute atomic E-state index is 0.0664. The van der Waals surface area contributed by atoms with Gasteiger partial charge in [-0.15, -0.1) is 0 Å². The average molecular weight is 294 g/mol. The van der Waals surface area contributed by atoms with Crippen LogP contribution in [0.3, 0.4) is 0 Å². The number of aromatic nitrogens is 3. The van der Waals surface area contributed by atoms with E-state index < -0.39 is 5.92 Å². The van der Waals surface area contributed by atoms with Gasteiger partial charge in [-0.2, -0.15) is 5.10 Å². The van der Waals surface area contributed by atoms with Crippen molar-refractivity contribution >= 4 is 17.2 Å². The van der Waals surface area contributed by atoms with Gasteiger partial charge in [-0.25, -0.2) is 18.3 Å². The largest absolute Gasteiger partial charge is 0.322 e. The Morgan fingerprint density at radius 1 is 1.52 bits per heavy atom. The van der Waals surface area contributed by atoms with E-state index in [0.29, 0.717) is 24.2 Å². The first-order valence-electron chi connectivity index (χ1n) is 6.99. The Labute approximate surface area is 120 Å². The molecular weight excluding hydrogens is 278 g/mol. The molecule has 21 heavy (non-hydrogen) atoms. The molecule has 2 heterocycles. The number of fused-ring (bicyclic) bond motifs is 1. The number of amides is 1. The van der Waals surface area contributed by atoms with Crippen molar-refractivity contribution in [2.24, 2.45) is 5.92 Å². The number of hydrogen-bond acceptors (Lipinski definition) is 3. The first-order valence-corrected chi connectivity index (χ1v) is 6.99. The van der Waals surface area contributed by atoms with Crippen molar-refractivity contribution in [3.63, 3.8) is 0 Å². The van der Waals surface area contributed by atoms with Crippen molar-refractivity contribution in [3.05, 3.63) is 24.7 Å². The highest BCUT2D eigenvalue weighted by molar-refractivity contribution is 5.94. The summed E-state index contributed by atoms with van der Waals surface area (Å²) in [7, 11) is 0. The molecule has 0 bridgehead atoms. The van der Waals surface area contributed by atoms with Crippen LogP contribution >= 0.6 is 0 Å². The Morgan fingerprint density at radius 3 is 3.19 bits per heavy atom. The molecule has 1 N–H and O–H groups in total. The quantitative estimate of drug-likeness (QED) is 0.947. The van der Waals surface area contributed by atoms with E-state index in [1.807, 2.05) is 0 Å². The highest BCUT2D eigenvalue weighted by Crippen LogP contribution is 2.38. The lowest BCUT2D eigenvalue weighted by molar-refractivity contribution is -0.118. The second kappa shape index (κ2) is 5.38. The summed E-state index contributed by atoms with van der Waals surface area (Å²) in [5, 5.41) is 6.77. The van der Waals surface area contributed by atoms with Crippen molar-refractivity contribution in [1.82, 2.24) is 14.6 Å². The number of rotatable bonds is 3. The van der Waals surface area contributed by atoms with Gasteiger partial charge in [0.15, 0.2) is 5.65 Å². The fourth-order valence-electron chi connectivity index (χ4n) is 2.83. The zero-order valence-electron chi connectivity index (χ0n) is 11.4. The zero-order chi connectivity index (χ0) is 14.9. The van der Waals surface area contributed by atoms with Crippen LogP contribution in [0.1, 0.15) is 32.1 Å². The molecular formula is C14H16F2N4O. The smallest absolute Gasteiger partial charge is 0.248 e. The van der Waals surface area contributed by atoms with Gasteiger partial charge in [0.2, 0.25) is 11.8 Å². The van der Waals surface area contributed by atoms with Crippen LogP contribution in [0, 0.1) is 5.92 Å². The summed E-state index contributed by atoms with van der Waals surface area (Å²) in [6.07, 6.45) is 5.83. The van der Waals surface area contributed by atoms with Crippen molar-refractivity contribution < 1.29 is 13.6 Å². The van der Waals surface area contributed by atoms with E-state index in [9.17, 15) is 13.6 Å². The normalized spacial score (nSPS) is 21.3. The van der Waals surface area contributed by atoms with E-state index >= 15 is 0 Å². The Bertz CT molecular complexity index is 655. The molecule has 1 unspecified atom stereocenters. The van der Waals surface area contributed by atoms with Crippen LogP contribution in [0.2, 0.25) is 0 Å². The lowest BCUT2D eigenvalue weighted by Gasteiger charge is -2.28. The molecule has 1 aliphatic rings. The van der Waals surface area contributed by atoms with Gasteiger partial charge in [-0.1, -0.05) is 0 Å². The number of anilines is 1. The molecule has 7 heteroatoms. The van der Waals surface area contributed by atoms with Crippen LogP contribution in [0.4, 0.5) is 14.5 Å². The molecule has 2 aromatic rings. The lowest BCUT2D eigenvalue weighted by atomic mass is 9.84. The Hall–Kier alpha value is -2.05. The van der Waals surface area contributed by atoms with E-state index in [-0.39, 0.29) is 31.1 Å². The van der Waals surface area contributed by atoms with Crippen molar-refractivity contribution in [1.29, 1.82) is 0 Å². The molecule has 0 aromatic carbocycles. The summed E-state index contributed by atoms with van der Waals surface area (Å²) in [4.78, 5) is 16.1. The molecule has 0 aliphatic heterocycles. The molecule has 1 atom stereocenters. The van der Waals surface area contributed by atoms with E-state index in [1.165, 1.54) is 6.20 Å². The Morgan fingerprint density at radius 2 is 2.38 bits per heavy atom. The van der Waals surface area contributed by atoms with Crippen LogP contribution in [0.15, 0.2) is 24.7 Å². The van der Waals surface area contributed by atoms with E-state index in [4.69, 9.17) is 0 Å². The molecule has 0 saturated heterocycles. The van der Waals surface area contributed by atoms with Crippen LogP contribution in [-0.2, 0) is 4.79 Å². The summed E-state index contributed by atoms with van der Waals surface area (Å²) < 4.78 is 28.2. The van der Waals surface area contributed by atoms with E-state index in [2.05, 4.69) is 15.4 Å². The Balaban J connectivity index is 1.64. The molecule has 0 radical (unpaired) electrons. The third kappa shape index (κ3) is 3.17. The third-order valence-corrected chi connectivity index (χ3v) is 3.77. The first kappa shape index (κ1) is 13.9. The summed E-state index contributed by atoms with van der Waals surface area (Å²) in [6, 6.07) is 1.73. The summed E-state index contributed by atoms with van der Waals surface area (Å²) in [6.45, 7) is 0. The van der Waals surface area contributed by atoms with Crippen molar-refractivity contribution in [2.75, 3.05) is 5.32 Å². The van der Waals surface area contributed by atoms with Crippen molar-refractivity contribution in [2.45, 2.75) is 38.0 Å². The molecule has 1 amide bonds. The highest BCUT2D eigenvalue weighted by atomic mass is 19.3. The number of nitrogens with zero attached hydrogens (tertiary/aromatic N) is 3. The van der Waals surface area contributed by atoms with Gasteiger partial charge in [-0.05, 0) is 24.8 Å². The maximum absolute atomic E-state index is 13.3. The maximum Gasteiger partial charge on any atom is 0.248 e. The second-order valence-corrected chi connectivity index (χ2v) is 5.52. The number of alkyl halides is 2. The van der Waals surface area contributed by atoms with E-state index in [1.54, 1.807) is 23.0 Å². The number of nitrogens with one attached hydrogen (secondary N) is 1. The molecule has 1 aliphatic carbocycles. The minimum Gasteiger partial charge on any atom is -0.322 e. The molecule has 5 nitrogen and oxygen atoms in total. The Kier molecular flexibility index (Phi) is 3.57. The predicted molar refractivity (Wildman–Crippen MR) is 73.1 cm³/mol. The van der Waals surface area contributed by atoms with Gasteiger partial charge in [0, 0.05) is 31.7 Å². The standard InChI is InChI=1S/C14H16F2N4O/c15-14(16)4-1-3-10(8-14)7-12(21)19-11-9-18-20-6-2-5-17-13(11)20/h2,5-6,9-10H,1,3-4,7-8H2,(H,19,21). The van der Waals surface area contributed by atoms with Crippen LogP contribution < -0.4 is 5.32 Å². The van der Waals surface area contributed by atoms with Gasteiger partial charge in [0.25, 0.3) is 0 Å². The number of carbonyl (C=O) groups excluding carboxylic acids is 1. The summed E-state index contributed by atoms with van der Waals surface area (Å²) >= 11 is 0. The van der Waals surface area contributed by atoms with Crippen LogP contribution in [-0.4, -0.2) is 26.4 Å². The van der Waals surface area contributed by atoms with Gasteiger partial charge in [0.1, 0.15) is 5.69 Å². The second-order valence-electron chi connectivity index (χ2n) is 5.52. The molecule has 112 valence electrons. The maximum atomic E-state index is 13.3. The van der Waals surface area contributed by atoms with Gasteiger partial charge < -0.3 is 5.32 Å². The summed E-state index contributed by atoms with van der Waals surface area (Å²) in [5.41, 5.74) is 1.04. The molecule has 1 fully saturated rings. The fraction of sp³-hybridized carbons (Fsp3) is 0.500. The first-order chi connectivity index (χ1) is 10.0. The molecule has 3 rings (SSSR count). The fourth-order valence-corrected chi connectivity index (χ4v) is 2.83. The predicted octanol–water partition coefficient (Wildman–Crippen LogP) is 2.88.